The molecule has 0 spiro atoms. The van der Waals surface area contributed by atoms with Gasteiger partial charge in [0.15, 0.2) is 5.52 Å². The van der Waals surface area contributed by atoms with Crippen molar-refractivity contribution >= 4 is 44.3 Å². The molecule has 0 saturated heterocycles. The molecule has 27 heavy (non-hydrogen) atoms. The van der Waals surface area contributed by atoms with Gasteiger partial charge in [0.05, 0.1) is 21.7 Å². The third kappa shape index (κ3) is 2.27. The van der Waals surface area contributed by atoms with Crippen molar-refractivity contribution in [1.29, 1.82) is 0 Å². The minimum atomic E-state index is -0.546. The Labute approximate surface area is 157 Å². The highest BCUT2D eigenvalue weighted by Gasteiger charge is 2.18. The summed E-state index contributed by atoms with van der Waals surface area (Å²) in [5, 5.41) is 6.28. The molecule has 0 amide bonds. The van der Waals surface area contributed by atoms with E-state index in [1.807, 2.05) is 30.3 Å². The van der Waals surface area contributed by atoms with E-state index in [4.69, 9.17) is 11.6 Å². The van der Waals surface area contributed by atoms with Gasteiger partial charge in [-0.05, 0) is 24.3 Å². The number of para-hydroxylation sites is 1. The van der Waals surface area contributed by atoms with Crippen LogP contribution in [0.5, 0.6) is 0 Å². The van der Waals surface area contributed by atoms with E-state index < -0.39 is 5.82 Å². The van der Waals surface area contributed by atoms with Gasteiger partial charge in [0.25, 0.3) is 5.56 Å². The SMILES string of the molecule is Cn1cc2c(n1)c(=O)n(-c1cccc3cccnc13)c1cc(Cl)c(F)cc21. The number of hydrogen-bond acceptors (Lipinski definition) is 3. The van der Waals surface area contributed by atoms with Gasteiger partial charge in [0.1, 0.15) is 5.82 Å². The van der Waals surface area contributed by atoms with Gasteiger partial charge in [-0.2, -0.15) is 5.10 Å². The second kappa shape index (κ2) is 5.62. The first kappa shape index (κ1) is 16.0. The number of fused-ring (bicyclic) bond motifs is 4. The van der Waals surface area contributed by atoms with E-state index in [9.17, 15) is 9.18 Å². The zero-order valence-electron chi connectivity index (χ0n) is 14.1. The third-order valence-electron chi connectivity index (χ3n) is 4.66. The van der Waals surface area contributed by atoms with Gasteiger partial charge in [-0.3, -0.25) is 19.0 Å². The fourth-order valence-corrected chi connectivity index (χ4v) is 3.66. The molecule has 0 unspecified atom stereocenters. The maximum absolute atomic E-state index is 14.2. The highest BCUT2D eigenvalue weighted by atomic mass is 35.5. The maximum atomic E-state index is 14.2. The number of halogens is 2. The van der Waals surface area contributed by atoms with Gasteiger partial charge < -0.3 is 0 Å². The fourth-order valence-electron chi connectivity index (χ4n) is 3.50. The molecule has 2 aromatic carbocycles. The number of rotatable bonds is 1. The van der Waals surface area contributed by atoms with E-state index in [1.165, 1.54) is 16.7 Å². The summed E-state index contributed by atoms with van der Waals surface area (Å²) < 4.78 is 17.3. The van der Waals surface area contributed by atoms with Crippen molar-refractivity contribution in [3.63, 3.8) is 0 Å². The quantitative estimate of drug-likeness (QED) is 0.439. The molecule has 0 fully saturated rings. The first-order valence-electron chi connectivity index (χ1n) is 8.26. The number of benzene rings is 2. The number of hydrogen-bond donors (Lipinski definition) is 0. The highest BCUT2D eigenvalue weighted by molar-refractivity contribution is 6.31. The molecule has 0 aliphatic rings. The standard InChI is InChI=1S/C20H12ClFN4O/c1-25-10-13-12-8-15(22)14(21)9-17(12)26(20(27)19(13)24-25)16-6-2-4-11-5-3-7-23-18(11)16/h2-10H,1H3. The van der Waals surface area contributed by atoms with Crippen molar-refractivity contribution in [2.75, 3.05) is 0 Å². The molecular formula is C20H12ClFN4O. The Hall–Kier alpha value is -3.25. The predicted octanol–water partition coefficient (Wildman–Crippen LogP) is 4.22. The molecule has 0 aliphatic carbocycles. The molecule has 0 radical (unpaired) electrons. The van der Waals surface area contributed by atoms with Gasteiger partial charge in [-0.25, -0.2) is 4.39 Å². The summed E-state index contributed by atoms with van der Waals surface area (Å²) in [6, 6.07) is 12.2. The van der Waals surface area contributed by atoms with Crippen LogP contribution in [0.3, 0.4) is 0 Å². The number of aryl methyl sites for hydroxylation is 1. The van der Waals surface area contributed by atoms with E-state index in [-0.39, 0.29) is 16.1 Å². The number of nitrogens with zero attached hydrogens (tertiary/aromatic N) is 4. The smallest absolute Gasteiger partial charge is 0.274 e. The zero-order chi connectivity index (χ0) is 18.7. The van der Waals surface area contributed by atoms with Crippen molar-refractivity contribution < 1.29 is 4.39 Å². The zero-order valence-corrected chi connectivity index (χ0v) is 14.9. The third-order valence-corrected chi connectivity index (χ3v) is 4.95. The van der Waals surface area contributed by atoms with Crippen LogP contribution in [-0.4, -0.2) is 19.3 Å². The monoisotopic (exact) mass is 378 g/mol. The first-order chi connectivity index (χ1) is 13.0. The predicted molar refractivity (Wildman–Crippen MR) is 104 cm³/mol. The van der Waals surface area contributed by atoms with Crippen molar-refractivity contribution in [3.8, 4) is 5.69 Å². The summed E-state index contributed by atoms with van der Waals surface area (Å²) in [5.41, 5.74) is 1.72. The van der Waals surface area contributed by atoms with Crippen molar-refractivity contribution in [2.24, 2.45) is 7.05 Å². The molecule has 3 heterocycles. The van der Waals surface area contributed by atoms with Crippen molar-refractivity contribution in [2.45, 2.75) is 0 Å². The Bertz CT molecular complexity index is 1430. The molecule has 0 saturated carbocycles. The molecule has 0 aliphatic heterocycles. The van der Waals surface area contributed by atoms with E-state index >= 15 is 0 Å². The van der Waals surface area contributed by atoms with Crippen LogP contribution in [0.25, 0.3) is 38.4 Å². The Kier molecular flexibility index (Phi) is 3.32. The van der Waals surface area contributed by atoms with E-state index in [0.717, 1.165) is 5.39 Å². The summed E-state index contributed by atoms with van der Waals surface area (Å²) in [5.74, 6) is -0.546. The van der Waals surface area contributed by atoms with Gasteiger partial charge in [-0.15, -0.1) is 0 Å². The van der Waals surface area contributed by atoms with Crippen LogP contribution in [0.4, 0.5) is 4.39 Å². The number of pyridine rings is 2. The first-order valence-corrected chi connectivity index (χ1v) is 8.63. The second-order valence-corrected chi connectivity index (χ2v) is 6.75. The van der Waals surface area contributed by atoms with Crippen LogP contribution < -0.4 is 5.56 Å². The van der Waals surface area contributed by atoms with Crippen LogP contribution in [-0.2, 0) is 7.05 Å². The van der Waals surface area contributed by atoms with Gasteiger partial charge in [0, 0.05) is 35.6 Å². The van der Waals surface area contributed by atoms with Crippen LogP contribution >= 0.6 is 11.6 Å². The van der Waals surface area contributed by atoms with E-state index in [0.29, 0.717) is 27.5 Å². The minimum Gasteiger partial charge on any atom is -0.274 e. The van der Waals surface area contributed by atoms with E-state index in [1.54, 1.807) is 24.1 Å². The largest absolute Gasteiger partial charge is 0.284 e. The van der Waals surface area contributed by atoms with Crippen LogP contribution in [0, 0.1) is 5.82 Å². The molecule has 0 bridgehead atoms. The molecule has 132 valence electrons. The molecule has 7 heteroatoms. The highest BCUT2D eigenvalue weighted by Crippen LogP contribution is 2.30. The van der Waals surface area contributed by atoms with Crippen molar-refractivity contribution in [1.82, 2.24) is 19.3 Å². The summed E-state index contributed by atoms with van der Waals surface area (Å²) in [6.45, 7) is 0. The Morgan fingerprint density at radius 3 is 2.74 bits per heavy atom. The number of aromatic nitrogens is 4. The van der Waals surface area contributed by atoms with Crippen molar-refractivity contribution in [3.05, 3.63) is 76.1 Å². The van der Waals surface area contributed by atoms with Gasteiger partial charge in [-0.1, -0.05) is 29.8 Å². The molecule has 5 aromatic rings. The lowest BCUT2D eigenvalue weighted by Crippen LogP contribution is -2.20. The molecular weight excluding hydrogens is 367 g/mol. The Morgan fingerprint density at radius 1 is 1.07 bits per heavy atom. The lowest BCUT2D eigenvalue weighted by atomic mass is 10.1. The average molecular weight is 379 g/mol. The second-order valence-electron chi connectivity index (χ2n) is 6.34. The lowest BCUT2D eigenvalue weighted by Gasteiger charge is -2.13. The summed E-state index contributed by atoms with van der Waals surface area (Å²) >= 11 is 6.05. The van der Waals surface area contributed by atoms with E-state index in [2.05, 4.69) is 10.1 Å². The molecule has 5 nitrogen and oxygen atoms in total. The average Bonchev–Trinajstić information content (AvgIpc) is 3.06. The molecule has 5 rings (SSSR count). The summed E-state index contributed by atoms with van der Waals surface area (Å²) in [6.07, 6.45) is 3.38. The molecule has 3 aromatic heterocycles. The normalized spacial score (nSPS) is 11.7. The van der Waals surface area contributed by atoms with Crippen LogP contribution in [0.15, 0.2) is 59.7 Å². The summed E-state index contributed by atoms with van der Waals surface area (Å²) in [7, 11) is 1.72. The maximum Gasteiger partial charge on any atom is 0.284 e. The molecule has 0 N–H and O–H groups in total. The van der Waals surface area contributed by atoms with Crippen LogP contribution in [0.2, 0.25) is 5.02 Å². The van der Waals surface area contributed by atoms with Gasteiger partial charge in [0.2, 0.25) is 0 Å². The fraction of sp³-hybridized carbons (Fsp3) is 0.0500. The topological polar surface area (TPSA) is 52.7 Å². The van der Waals surface area contributed by atoms with Crippen LogP contribution in [0.1, 0.15) is 0 Å². The molecule has 0 atom stereocenters. The Balaban J connectivity index is 2.06. The minimum absolute atomic E-state index is 0.0490. The Morgan fingerprint density at radius 2 is 1.89 bits per heavy atom. The lowest BCUT2D eigenvalue weighted by molar-refractivity contribution is 0.630. The summed E-state index contributed by atoms with van der Waals surface area (Å²) in [4.78, 5) is 17.8. The van der Waals surface area contributed by atoms with Gasteiger partial charge >= 0.3 is 0 Å².